The molecule has 1 aromatic carbocycles. The van der Waals surface area contributed by atoms with Gasteiger partial charge in [-0.2, -0.15) is 0 Å². The van der Waals surface area contributed by atoms with Crippen molar-refractivity contribution in [1.82, 2.24) is 0 Å². The Morgan fingerprint density at radius 1 is 1.64 bits per heavy atom. The van der Waals surface area contributed by atoms with Gasteiger partial charge in [-0.05, 0) is 11.6 Å². The van der Waals surface area contributed by atoms with Gasteiger partial charge in [0.05, 0.1) is 0 Å². The van der Waals surface area contributed by atoms with Crippen LogP contribution in [0.2, 0.25) is 0 Å². The summed E-state index contributed by atoms with van der Waals surface area (Å²) in [5, 5.41) is 8.20. The summed E-state index contributed by atoms with van der Waals surface area (Å²) in [4.78, 5) is 0. The van der Waals surface area contributed by atoms with Crippen LogP contribution in [0.5, 0.6) is 0 Å². The second-order valence-corrected chi connectivity index (χ2v) is 1.50. The average Bonchev–Trinajstić information content (AvgIpc) is 2.09. The van der Waals surface area contributed by atoms with Gasteiger partial charge in [0.2, 0.25) is 0 Å². The molecule has 0 atom stereocenters. The van der Waals surface area contributed by atoms with E-state index in [-0.39, 0.29) is 5.56 Å². The van der Waals surface area contributed by atoms with Crippen molar-refractivity contribution in [3.63, 3.8) is 0 Å². The molecule has 1 aromatic rings. The van der Waals surface area contributed by atoms with Gasteiger partial charge in [0, 0.05) is 5.82 Å². The van der Waals surface area contributed by atoms with Crippen LogP contribution in [0.4, 0.5) is 4.39 Å². The molecule has 1 nitrogen and oxygen atoms in total. The molecule has 0 N–H and O–H groups in total. The summed E-state index contributed by atoms with van der Waals surface area (Å²) in [6, 6.07) is 8.34. The van der Waals surface area contributed by atoms with Crippen molar-refractivity contribution in [2.24, 2.45) is 0 Å². The zero-order chi connectivity index (χ0) is 8.69. The SMILES string of the molecule is N#Cc1[c-]cccc1F.[Zn+][Br]. The average molecular weight is 265 g/mol. The Bertz CT molecular complexity index is 259. The van der Waals surface area contributed by atoms with Gasteiger partial charge in [0.1, 0.15) is 0 Å². The van der Waals surface area contributed by atoms with E-state index in [1.54, 1.807) is 6.07 Å². The number of hydrogen-bond donors (Lipinski definition) is 0. The van der Waals surface area contributed by atoms with E-state index >= 15 is 0 Å². The molecule has 52 valence electrons. The van der Waals surface area contributed by atoms with Gasteiger partial charge in [-0.25, -0.2) is 0 Å². The third-order valence-corrected chi connectivity index (χ3v) is 0.917. The summed E-state index contributed by atoms with van der Waals surface area (Å²) in [7, 11) is 0. The molecule has 0 heterocycles. The number of nitrogens with zero attached hydrogens (tertiary/aromatic N) is 1. The molecular formula is C7H3BrFNZn. The number of nitriles is 1. The van der Waals surface area contributed by atoms with Crippen LogP contribution in [0.3, 0.4) is 0 Å². The molecule has 0 aliphatic rings. The molecule has 0 saturated heterocycles. The summed E-state index contributed by atoms with van der Waals surface area (Å²) in [6.45, 7) is 0. The van der Waals surface area contributed by atoms with Crippen molar-refractivity contribution in [3.8, 4) is 6.07 Å². The van der Waals surface area contributed by atoms with E-state index in [1.807, 2.05) is 0 Å². The second-order valence-electron chi connectivity index (χ2n) is 1.50. The van der Waals surface area contributed by atoms with Crippen LogP contribution in [-0.2, 0) is 16.3 Å². The van der Waals surface area contributed by atoms with Crippen molar-refractivity contribution in [3.05, 3.63) is 35.6 Å². The normalized spacial score (nSPS) is 7.55. The van der Waals surface area contributed by atoms with Crippen molar-refractivity contribution in [2.75, 3.05) is 0 Å². The molecule has 0 spiro atoms. The van der Waals surface area contributed by atoms with Crippen molar-refractivity contribution < 1.29 is 20.7 Å². The van der Waals surface area contributed by atoms with E-state index in [4.69, 9.17) is 5.26 Å². The number of hydrogen-bond acceptors (Lipinski definition) is 1. The first-order valence-electron chi connectivity index (χ1n) is 2.67. The standard InChI is InChI=1S/C7H3FN.BrH.Zn/c8-7-4-2-1-3-6(7)5-9;;/h1-2,4H;1H;/q-1;;+2/p-1. The topological polar surface area (TPSA) is 23.8 Å². The number of halogens is 2. The van der Waals surface area contributed by atoms with Crippen LogP contribution in [-0.4, -0.2) is 0 Å². The molecule has 0 bridgehead atoms. The molecule has 11 heavy (non-hydrogen) atoms. The van der Waals surface area contributed by atoms with Gasteiger partial charge in [-0.15, -0.1) is 24.3 Å². The summed E-state index contributed by atoms with van der Waals surface area (Å²) in [6.07, 6.45) is 0. The maximum absolute atomic E-state index is 12.3. The fourth-order valence-electron chi connectivity index (χ4n) is 0.502. The van der Waals surface area contributed by atoms with E-state index in [0.717, 1.165) is 0 Å². The Kier molecular flexibility index (Phi) is 6.30. The first kappa shape index (κ1) is 10.7. The fourth-order valence-corrected chi connectivity index (χ4v) is 0.502. The molecule has 0 aliphatic heterocycles. The molecule has 4 heteroatoms. The molecule has 0 radical (unpaired) electrons. The van der Waals surface area contributed by atoms with Crippen LogP contribution >= 0.6 is 13.6 Å². The Balaban J connectivity index is 0.000000461. The minimum absolute atomic E-state index is 0.0301. The quantitative estimate of drug-likeness (QED) is 0.522. The van der Waals surface area contributed by atoms with Crippen molar-refractivity contribution >= 4 is 13.6 Å². The molecule has 0 fully saturated rings. The van der Waals surface area contributed by atoms with Crippen LogP contribution in [0.25, 0.3) is 0 Å². The van der Waals surface area contributed by atoms with Crippen LogP contribution in [0.15, 0.2) is 18.2 Å². The molecule has 0 aliphatic carbocycles. The van der Waals surface area contributed by atoms with E-state index in [1.165, 1.54) is 34.5 Å². The Hall–Kier alpha value is -0.257. The van der Waals surface area contributed by atoms with Gasteiger partial charge in [-0.1, -0.05) is 0 Å². The minimum atomic E-state index is -0.514. The Morgan fingerprint density at radius 2 is 2.27 bits per heavy atom. The number of benzene rings is 1. The first-order valence-corrected chi connectivity index (χ1v) is 9.62. The summed E-state index contributed by atoms with van der Waals surface area (Å²) in [5.41, 5.74) is -0.0301. The van der Waals surface area contributed by atoms with E-state index in [9.17, 15) is 4.39 Å². The monoisotopic (exact) mass is 263 g/mol. The molecule has 0 amide bonds. The van der Waals surface area contributed by atoms with Crippen molar-refractivity contribution in [2.45, 2.75) is 0 Å². The fraction of sp³-hybridized carbons (Fsp3) is 0. The third kappa shape index (κ3) is 3.60. The van der Waals surface area contributed by atoms with E-state index in [2.05, 4.69) is 19.7 Å². The zero-order valence-electron chi connectivity index (χ0n) is 5.64. The molecule has 0 aromatic heterocycles. The van der Waals surface area contributed by atoms with Crippen LogP contribution in [0, 0.1) is 23.2 Å². The predicted molar refractivity (Wildman–Crippen MR) is 38.9 cm³/mol. The molecule has 1 rings (SSSR count). The summed E-state index contributed by atoms with van der Waals surface area (Å²) >= 11 is 4.25. The van der Waals surface area contributed by atoms with Gasteiger partial charge in [0.15, 0.2) is 0 Å². The molecule has 0 unspecified atom stereocenters. The second kappa shape index (κ2) is 6.45. The van der Waals surface area contributed by atoms with Gasteiger partial charge >= 0.3 is 30.0 Å². The Labute approximate surface area is 81.3 Å². The maximum atomic E-state index is 12.3. The molecular weight excluding hydrogens is 262 g/mol. The van der Waals surface area contributed by atoms with Gasteiger partial charge < -0.3 is 0 Å². The van der Waals surface area contributed by atoms with Gasteiger partial charge in [-0.3, -0.25) is 9.65 Å². The summed E-state index contributed by atoms with van der Waals surface area (Å²) < 4.78 is 12.3. The van der Waals surface area contributed by atoms with E-state index < -0.39 is 5.82 Å². The predicted octanol–water partition coefficient (Wildman–Crippen LogP) is 2.34. The van der Waals surface area contributed by atoms with Crippen LogP contribution < -0.4 is 0 Å². The zero-order valence-corrected chi connectivity index (χ0v) is 10.2. The van der Waals surface area contributed by atoms with Crippen LogP contribution in [0.1, 0.15) is 5.56 Å². The first-order chi connectivity index (χ1) is 5.34. The van der Waals surface area contributed by atoms with Crippen molar-refractivity contribution in [1.29, 1.82) is 5.26 Å². The number of rotatable bonds is 0. The van der Waals surface area contributed by atoms with E-state index in [0.29, 0.717) is 0 Å². The molecule has 0 saturated carbocycles. The summed E-state index contributed by atoms with van der Waals surface area (Å²) in [5.74, 6) is -0.514. The Morgan fingerprint density at radius 3 is 2.64 bits per heavy atom. The van der Waals surface area contributed by atoms with Gasteiger partial charge in [0.25, 0.3) is 0 Å². The third-order valence-electron chi connectivity index (χ3n) is 0.917.